The number of carbonyl (C=O) groups excluding carboxylic acids is 1. The second-order valence-electron chi connectivity index (χ2n) is 5.02. The highest BCUT2D eigenvalue weighted by Crippen LogP contribution is 2.21. The lowest BCUT2D eigenvalue weighted by Crippen LogP contribution is -2.25. The first-order valence-electron chi connectivity index (χ1n) is 7.11. The molecule has 0 unspecified atom stereocenters. The summed E-state index contributed by atoms with van der Waals surface area (Å²) in [7, 11) is 0. The Labute approximate surface area is 130 Å². The van der Waals surface area contributed by atoms with E-state index < -0.39 is 16.8 Å². The summed E-state index contributed by atoms with van der Waals surface area (Å²) in [5.41, 5.74) is 0.540. The molecule has 9 heteroatoms. The van der Waals surface area contributed by atoms with Crippen LogP contribution in [0.2, 0.25) is 0 Å². The van der Waals surface area contributed by atoms with E-state index in [1.165, 1.54) is 18.2 Å². The molecule has 2 rings (SSSR count). The van der Waals surface area contributed by atoms with Crippen molar-refractivity contribution in [1.82, 2.24) is 15.5 Å². The van der Waals surface area contributed by atoms with Crippen molar-refractivity contribution in [3.8, 4) is 0 Å². The lowest BCUT2D eigenvalue weighted by atomic mass is 10.1. The fourth-order valence-electron chi connectivity index (χ4n) is 2.15. The fourth-order valence-corrected chi connectivity index (χ4v) is 2.15. The van der Waals surface area contributed by atoms with Gasteiger partial charge in [0.05, 0.1) is 10.4 Å². The van der Waals surface area contributed by atoms with Crippen LogP contribution in [0.1, 0.15) is 36.2 Å². The third-order valence-corrected chi connectivity index (χ3v) is 3.33. The zero-order valence-electron chi connectivity index (χ0n) is 12.2. The molecule has 0 radical (unpaired) electrons. The van der Waals surface area contributed by atoms with Crippen molar-refractivity contribution in [2.75, 3.05) is 6.54 Å². The average molecular weight is 320 g/mol. The van der Waals surface area contributed by atoms with Gasteiger partial charge in [-0.1, -0.05) is 6.42 Å². The van der Waals surface area contributed by atoms with E-state index in [9.17, 15) is 19.7 Å². The molecule has 1 amide bonds. The minimum absolute atomic E-state index is 0.106. The summed E-state index contributed by atoms with van der Waals surface area (Å²) in [6, 6.07) is 4.15. The van der Waals surface area contributed by atoms with Gasteiger partial charge >= 0.3 is 5.97 Å². The van der Waals surface area contributed by atoms with Gasteiger partial charge < -0.3 is 10.4 Å². The van der Waals surface area contributed by atoms with Gasteiger partial charge in [-0.15, -0.1) is 0 Å². The molecule has 1 aromatic heterocycles. The van der Waals surface area contributed by atoms with Crippen molar-refractivity contribution in [2.45, 2.75) is 25.7 Å². The lowest BCUT2D eigenvalue weighted by Gasteiger charge is -2.03. The molecule has 1 aromatic carbocycles. The van der Waals surface area contributed by atoms with Crippen molar-refractivity contribution in [1.29, 1.82) is 0 Å². The number of nitrogens with zero attached hydrogens (tertiary/aromatic N) is 2. The quantitative estimate of drug-likeness (QED) is 0.385. The van der Waals surface area contributed by atoms with E-state index in [2.05, 4.69) is 15.5 Å². The van der Waals surface area contributed by atoms with Crippen LogP contribution < -0.4 is 5.32 Å². The number of nitro benzene ring substituents is 1. The topological polar surface area (TPSA) is 138 Å². The number of aromatic amines is 1. The number of carboxylic acid groups (broad SMARTS) is 1. The van der Waals surface area contributed by atoms with E-state index in [-0.39, 0.29) is 17.8 Å². The number of aromatic nitrogens is 2. The van der Waals surface area contributed by atoms with Gasteiger partial charge in [0.1, 0.15) is 0 Å². The second-order valence-corrected chi connectivity index (χ2v) is 5.02. The van der Waals surface area contributed by atoms with Gasteiger partial charge in [-0.05, 0) is 18.9 Å². The molecule has 0 fully saturated rings. The highest BCUT2D eigenvalue weighted by Gasteiger charge is 2.16. The SMILES string of the molecule is O=C(O)CCCCCNC(=O)c1n[nH]c2ccc([N+](=O)[O-])cc12. The number of carbonyl (C=O) groups is 2. The Morgan fingerprint density at radius 1 is 1.30 bits per heavy atom. The molecule has 0 saturated carbocycles. The van der Waals surface area contributed by atoms with E-state index in [1.54, 1.807) is 0 Å². The number of hydrogen-bond acceptors (Lipinski definition) is 5. The van der Waals surface area contributed by atoms with E-state index in [1.807, 2.05) is 0 Å². The average Bonchev–Trinajstić information content (AvgIpc) is 2.93. The number of nitrogens with one attached hydrogen (secondary N) is 2. The molecule has 0 bridgehead atoms. The van der Waals surface area contributed by atoms with E-state index in [0.29, 0.717) is 36.7 Å². The number of fused-ring (bicyclic) bond motifs is 1. The van der Waals surface area contributed by atoms with Crippen molar-refractivity contribution in [3.05, 3.63) is 34.0 Å². The predicted octanol–water partition coefficient (Wildman–Crippen LogP) is 1.85. The summed E-state index contributed by atoms with van der Waals surface area (Å²) >= 11 is 0. The van der Waals surface area contributed by atoms with Crippen molar-refractivity contribution in [2.24, 2.45) is 0 Å². The van der Waals surface area contributed by atoms with Crippen LogP contribution in [0.3, 0.4) is 0 Å². The smallest absolute Gasteiger partial charge is 0.303 e. The molecule has 0 aliphatic rings. The number of rotatable bonds is 8. The van der Waals surface area contributed by atoms with Gasteiger partial charge in [-0.3, -0.25) is 24.8 Å². The molecule has 9 nitrogen and oxygen atoms in total. The highest BCUT2D eigenvalue weighted by atomic mass is 16.6. The summed E-state index contributed by atoms with van der Waals surface area (Å²) in [4.78, 5) is 32.7. The number of hydrogen-bond donors (Lipinski definition) is 3. The Balaban J connectivity index is 1.94. The van der Waals surface area contributed by atoms with E-state index in [0.717, 1.165) is 0 Å². The molecule has 0 saturated heterocycles. The fraction of sp³-hybridized carbons (Fsp3) is 0.357. The first-order valence-corrected chi connectivity index (χ1v) is 7.11. The summed E-state index contributed by atoms with van der Waals surface area (Å²) < 4.78 is 0. The molecule has 2 aromatic rings. The third-order valence-electron chi connectivity index (χ3n) is 3.33. The van der Waals surface area contributed by atoms with Gasteiger partial charge in [0.15, 0.2) is 5.69 Å². The maximum absolute atomic E-state index is 12.1. The second kappa shape index (κ2) is 7.34. The van der Waals surface area contributed by atoms with Crippen LogP contribution >= 0.6 is 0 Å². The third kappa shape index (κ3) is 4.25. The molecule has 0 spiro atoms. The van der Waals surface area contributed by atoms with Crippen LogP contribution in [0.25, 0.3) is 10.9 Å². The first-order chi connectivity index (χ1) is 11.0. The lowest BCUT2D eigenvalue weighted by molar-refractivity contribution is -0.384. The van der Waals surface area contributed by atoms with Crippen LogP contribution in [-0.2, 0) is 4.79 Å². The van der Waals surface area contributed by atoms with E-state index in [4.69, 9.17) is 5.11 Å². The molecule has 3 N–H and O–H groups in total. The van der Waals surface area contributed by atoms with Crippen molar-refractivity contribution >= 4 is 28.5 Å². The number of nitro groups is 1. The molecule has 0 aliphatic carbocycles. The Morgan fingerprint density at radius 3 is 2.78 bits per heavy atom. The first kappa shape index (κ1) is 16.4. The zero-order chi connectivity index (χ0) is 16.8. The van der Waals surface area contributed by atoms with Crippen LogP contribution in [0.15, 0.2) is 18.2 Å². The van der Waals surface area contributed by atoms with Gasteiger partial charge in [0.2, 0.25) is 0 Å². The molecule has 1 heterocycles. The summed E-state index contributed by atoms with van der Waals surface area (Å²) in [6.07, 6.45) is 2.02. The molecule has 0 atom stereocenters. The van der Waals surface area contributed by atoms with E-state index >= 15 is 0 Å². The van der Waals surface area contributed by atoms with Crippen molar-refractivity contribution < 1.29 is 19.6 Å². The standard InChI is InChI=1S/C14H16N4O5/c19-12(20)4-2-1-3-7-15-14(21)13-10-8-9(18(22)23)5-6-11(10)16-17-13/h5-6,8H,1-4,7H2,(H,15,21)(H,16,17)(H,19,20). The minimum Gasteiger partial charge on any atom is -0.481 e. The maximum Gasteiger partial charge on any atom is 0.303 e. The molecular formula is C14H16N4O5. The predicted molar refractivity (Wildman–Crippen MR) is 81.2 cm³/mol. The number of carboxylic acids is 1. The number of benzene rings is 1. The largest absolute Gasteiger partial charge is 0.481 e. The highest BCUT2D eigenvalue weighted by molar-refractivity contribution is 6.05. The van der Waals surface area contributed by atoms with Gasteiger partial charge in [0, 0.05) is 30.5 Å². The van der Waals surface area contributed by atoms with Crippen LogP contribution in [-0.4, -0.2) is 38.6 Å². The Bertz CT molecular complexity index is 740. The van der Waals surface area contributed by atoms with Gasteiger partial charge in [0.25, 0.3) is 11.6 Å². The molecule has 23 heavy (non-hydrogen) atoms. The van der Waals surface area contributed by atoms with Crippen LogP contribution in [0, 0.1) is 10.1 Å². The zero-order valence-corrected chi connectivity index (χ0v) is 12.2. The van der Waals surface area contributed by atoms with Crippen LogP contribution in [0.5, 0.6) is 0 Å². The molecule has 0 aliphatic heterocycles. The summed E-state index contributed by atoms with van der Waals surface area (Å²) in [6.45, 7) is 0.391. The van der Waals surface area contributed by atoms with Gasteiger partial charge in [-0.2, -0.15) is 5.10 Å². The maximum atomic E-state index is 12.1. The normalized spacial score (nSPS) is 10.6. The number of H-pyrrole nitrogens is 1. The van der Waals surface area contributed by atoms with Gasteiger partial charge in [-0.25, -0.2) is 0 Å². The number of aliphatic carboxylic acids is 1. The molecule has 122 valence electrons. The monoisotopic (exact) mass is 320 g/mol. The Morgan fingerprint density at radius 2 is 2.09 bits per heavy atom. The minimum atomic E-state index is -0.835. The Hall–Kier alpha value is -2.97. The number of non-ortho nitro benzene ring substituents is 1. The number of amides is 1. The molecular weight excluding hydrogens is 304 g/mol. The van der Waals surface area contributed by atoms with Crippen molar-refractivity contribution in [3.63, 3.8) is 0 Å². The number of unbranched alkanes of at least 4 members (excludes halogenated alkanes) is 2. The summed E-state index contributed by atoms with van der Waals surface area (Å²) in [5.74, 6) is -1.26. The summed E-state index contributed by atoms with van der Waals surface area (Å²) in [5, 5.41) is 28.9. The van der Waals surface area contributed by atoms with Crippen LogP contribution in [0.4, 0.5) is 5.69 Å². The Kier molecular flexibility index (Phi) is 5.23.